The second-order valence-electron chi connectivity index (χ2n) is 3.79. The molecule has 2 aromatic rings. The second kappa shape index (κ2) is 5.69. The summed E-state index contributed by atoms with van der Waals surface area (Å²) in [6.45, 7) is 0. The molecule has 0 aliphatic heterocycles. The van der Waals surface area contributed by atoms with Gasteiger partial charge in [-0.15, -0.1) is 0 Å². The van der Waals surface area contributed by atoms with Crippen LogP contribution in [0.15, 0.2) is 59.1 Å². The first kappa shape index (κ1) is 11.9. The number of para-hydroxylation sites is 1. The van der Waals surface area contributed by atoms with Crippen molar-refractivity contribution in [2.24, 2.45) is 0 Å². The molecular formula is C15H13BrO. The Hall–Kier alpha value is -1.54. The normalized spacial score (nSPS) is 10.9. The van der Waals surface area contributed by atoms with Crippen LogP contribution in [0.25, 0.3) is 6.08 Å². The van der Waals surface area contributed by atoms with E-state index in [4.69, 9.17) is 0 Å². The van der Waals surface area contributed by atoms with Crippen molar-refractivity contribution in [3.8, 4) is 5.75 Å². The largest absolute Gasteiger partial charge is 0.508 e. The maximum absolute atomic E-state index is 9.60. The summed E-state index contributed by atoms with van der Waals surface area (Å²) < 4.78 is 1.08. The quantitative estimate of drug-likeness (QED) is 0.887. The van der Waals surface area contributed by atoms with Crippen LogP contribution in [0, 0.1) is 0 Å². The molecule has 0 bridgehead atoms. The number of hydrogen-bond acceptors (Lipinski definition) is 1. The molecule has 0 saturated heterocycles. The Morgan fingerprint density at radius 3 is 2.41 bits per heavy atom. The fourth-order valence-electron chi connectivity index (χ4n) is 1.58. The monoisotopic (exact) mass is 288 g/mol. The van der Waals surface area contributed by atoms with E-state index in [1.165, 1.54) is 0 Å². The first-order chi connectivity index (χ1) is 8.25. The highest BCUT2D eigenvalue weighted by molar-refractivity contribution is 9.10. The topological polar surface area (TPSA) is 20.2 Å². The molecule has 0 heterocycles. The minimum Gasteiger partial charge on any atom is -0.508 e. The van der Waals surface area contributed by atoms with Crippen LogP contribution in [-0.4, -0.2) is 5.11 Å². The maximum Gasteiger partial charge on any atom is 0.119 e. The van der Waals surface area contributed by atoms with Gasteiger partial charge in [0.25, 0.3) is 0 Å². The minimum atomic E-state index is 0.355. The summed E-state index contributed by atoms with van der Waals surface area (Å²) in [6, 6.07) is 15.5. The fourth-order valence-corrected chi connectivity index (χ4v) is 1.84. The molecule has 2 aromatic carbocycles. The average Bonchev–Trinajstić information content (AvgIpc) is 2.34. The van der Waals surface area contributed by atoms with Crippen LogP contribution in [0.5, 0.6) is 5.75 Å². The van der Waals surface area contributed by atoms with Crippen LogP contribution in [0.3, 0.4) is 0 Å². The van der Waals surface area contributed by atoms with Gasteiger partial charge >= 0.3 is 0 Å². The third-order valence-corrected chi connectivity index (χ3v) is 3.04. The summed E-state index contributed by atoms with van der Waals surface area (Å²) in [6.07, 6.45) is 4.85. The molecule has 0 amide bonds. The van der Waals surface area contributed by atoms with E-state index in [-0.39, 0.29) is 0 Å². The summed E-state index contributed by atoms with van der Waals surface area (Å²) in [5, 5.41) is 9.60. The lowest BCUT2D eigenvalue weighted by atomic mass is 10.1. The van der Waals surface area contributed by atoms with E-state index in [0.29, 0.717) is 5.75 Å². The van der Waals surface area contributed by atoms with E-state index in [2.05, 4.69) is 28.1 Å². The smallest absolute Gasteiger partial charge is 0.119 e. The van der Waals surface area contributed by atoms with Crippen LogP contribution in [0.2, 0.25) is 0 Å². The summed E-state index contributed by atoms with van der Waals surface area (Å²) in [7, 11) is 0. The molecule has 0 aliphatic rings. The summed E-state index contributed by atoms with van der Waals surface area (Å²) in [5.41, 5.74) is 2.10. The number of hydrogen-bond donors (Lipinski definition) is 1. The van der Waals surface area contributed by atoms with Gasteiger partial charge in [0.1, 0.15) is 5.75 Å². The first-order valence-corrected chi connectivity index (χ1v) is 6.24. The Morgan fingerprint density at radius 1 is 1.00 bits per heavy atom. The van der Waals surface area contributed by atoms with E-state index in [9.17, 15) is 5.11 Å². The molecule has 0 spiro atoms. The van der Waals surface area contributed by atoms with Crippen LogP contribution in [0.4, 0.5) is 0 Å². The molecule has 0 aromatic heterocycles. The number of phenols is 1. The van der Waals surface area contributed by atoms with E-state index >= 15 is 0 Å². The summed E-state index contributed by atoms with van der Waals surface area (Å²) in [4.78, 5) is 0. The molecule has 86 valence electrons. The zero-order valence-electron chi connectivity index (χ0n) is 9.31. The van der Waals surface area contributed by atoms with Crippen LogP contribution < -0.4 is 0 Å². The van der Waals surface area contributed by atoms with Crippen molar-refractivity contribution in [1.82, 2.24) is 0 Å². The fraction of sp³-hybridized carbons (Fsp3) is 0.0667. The number of allylic oxidation sites excluding steroid dienone is 1. The molecule has 2 heteroatoms. The van der Waals surface area contributed by atoms with Gasteiger partial charge in [0.15, 0.2) is 0 Å². The minimum absolute atomic E-state index is 0.355. The molecule has 0 atom stereocenters. The third kappa shape index (κ3) is 3.46. The lowest BCUT2D eigenvalue weighted by molar-refractivity contribution is 0.470. The van der Waals surface area contributed by atoms with Gasteiger partial charge in [-0.3, -0.25) is 0 Å². The Morgan fingerprint density at radius 2 is 1.71 bits per heavy atom. The Balaban J connectivity index is 2.03. The number of rotatable bonds is 3. The van der Waals surface area contributed by atoms with Gasteiger partial charge in [0.05, 0.1) is 0 Å². The average molecular weight is 289 g/mol. The highest BCUT2D eigenvalue weighted by Crippen LogP contribution is 2.17. The number of halogens is 1. The van der Waals surface area contributed by atoms with Gasteiger partial charge in [-0.1, -0.05) is 58.4 Å². The molecule has 0 aliphatic carbocycles. The summed E-state index contributed by atoms with van der Waals surface area (Å²) in [5.74, 6) is 0.355. The van der Waals surface area contributed by atoms with Gasteiger partial charge in [0, 0.05) is 4.47 Å². The molecule has 0 unspecified atom stereocenters. The predicted octanol–water partition coefficient (Wildman–Crippen LogP) is 4.41. The Labute approximate surface area is 110 Å². The van der Waals surface area contributed by atoms with Crippen LogP contribution in [-0.2, 0) is 6.42 Å². The number of aromatic hydroxyl groups is 1. The number of phenolic OH excluding ortho intramolecular Hbond substituents is 1. The predicted molar refractivity (Wildman–Crippen MR) is 75.0 cm³/mol. The first-order valence-electron chi connectivity index (χ1n) is 5.45. The lowest BCUT2D eigenvalue weighted by Gasteiger charge is -1.99. The zero-order chi connectivity index (χ0) is 12.1. The molecule has 1 N–H and O–H groups in total. The molecule has 0 fully saturated rings. The van der Waals surface area contributed by atoms with Crippen LogP contribution in [0.1, 0.15) is 11.1 Å². The van der Waals surface area contributed by atoms with E-state index in [1.807, 2.05) is 42.5 Å². The van der Waals surface area contributed by atoms with Crippen molar-refractivity contribution in [2.45, 2.75) is 6.42 Å². The number of benzene rings is 2. The SMILES string of the molecule is Oc1ccccc1C/C=C/c1ccc(Br)cc1. The molecule has 1 nitrogen and oxygen atoms in total. The zero-order valence-corrected chi connectivity index (χ0v) is 10.9. The van der Waals surface area contributed by atoms with Gasteiger partial charge in [0.2, 0.25) is 0 Å². The Kier molecular flexibility index (Phi) is 3.99. The molecular weight excluding hydrogens is 276 g/mol. The standard InChI is InChI=1S/C15H13BrO/c16-14-10-8-12(9-11-14)4-3-6-13-5-1-2-7-15(13)17/h1-5,7-11,17H,6H2/b4-3+. The van der Waals surface area contributed by atoms with E-state index in [1.54, 1.807) is 6.07 Å². The van der Waals surface area contributed by atoms with Crippen molar-refractivity contribution >= 4 is 22.0 Å². The maximum atomic E-state index is 9.60. The second-order valence-corrected chi connectivity index (χ2v) is 4.70. The molecule has 0 saturated carbocycles. The molecule has 0 radical (unpaired) electrons. The molecule has 17 heavy (non-hydrogen) atoms. The van der Waals surface area contributed by atoms with Gasteiger partial charge < -0.3 is 5.11 Å². The van der Waals surface area contributed by atoms with Crippen molar-refractivity contribution in [3.63, 3.8) is 0 Å². The van der Waals surface area contributed by atoms with Crippen molar-refractivity contribution in [1.29, 1.82) is 0 Å². The van der Waals surface area contributed by atoms with Crippen molar-refractivity contribution < 1.29 is 5.11 Å². The van der Waals surface area contributed by atoms with Gasteiger partial charge in [-0.2, -0.15) is 0 Å². The highest BCUT2D eigenvalue weighted by Gasteiger charge is 1.95. The van der Waals surface area contributed by atoms with Crippen LogP contribution >= 0.6 is 15.9 Å². The summed E-state index contributed by atoms with van der Waals surface area (Å²) >= 11 is 3.40. The van der Waals surface area contributed by atoms with Gasteiger partial charge in [-0.05, 0) is 35.7 Å². The van der Waals surface area contributed by atoms with Crippen molar-refractivity contribution in [3.05, 3.63) is 70.2 Å². The van der Waals surface area contributed by atoms with E-state index in [0.717, 1.165) is 22.0 Å². The highest BCUT2D eigenvalue weighted by atomic mass is 79.9. The van der Waals surface area contributed by atoms with Gasteiger partial charge in [-0.25, -0.2) is 0 Å². The third-order valence-electron chi connectivity index (χ3n) is 2.51. The van der Waals surface area contributed by atoms with Crippen molar-refractivity contribution in [2.75, 3.05) is 0 Å². The molecule has 2 rings (SSSR count). The lowest BCUT2D eigenvalue weighted by Crippen LogP contribution is -1.81. The Bertz CT molecular complexity index is 515. The van der Waals surface area contributed by atoms with E-state index < -0.39 is 0 Å².